The van der Waals surface area contributed by atoms with Gasteiger partial charge in [-0.3, -0.25) is 9.69 Å². The third-order valence-electron chi connectivity index (χ3n) is 4.70. The van der Waals surface area contributed by atoms with Crippen molar-refractivity contribution in [2.75, 3.05) is 32.8 Å². The average Bonchev–Trinajstić information content (AvgIpc) is 3.16. The van der Waals surface area contributed by atoms with Crippen molar-refractivity contribution in [1.82, 2.24) is 20.0 Å². The largest absolute Gasteiger partial charge is 0.379 e. The van der Waals surface area contributed by atoms with Gasteiger partial charge in [0.25, 0.3) is 5.91 Å². The van der Waals surface area contributed by atoms with Crippen LogP contribution >= 0.6 is 0 Å². The molecule has 1 aromatic carbocycles. The van der Waals surface area contributed by atoms with E-state index in [9.17, 15) is 9.18 Å². The van der Waals surface area contributed by atoms with Crippen LogP contribution in [0.1, 0.15) is 30.8 Å². The molecule has 0 saturated carbocycles. The minimum Gasteiger partial charge on any atom is -0.379 e. The highest BCUT2D eigenvalue weighted by Gasteiger charge is 2.23. The molecular formula is C20H27FN4O2. The molecular weight excluding hydrogens is 347 g/mol. The second-order valence-corrected chi connectivity index (χ2v) is 7.27. The van der Waals surface area contributed by atoms with E-state index in [1.807, 2.05) is 0 Å². The number of nitrogens with one attached hydrogen (secondary N) is 1. The monoisotopic (exact) mass is 374 g/mol. The van der Waals surface area contributed by atoms with Crippen LogP contribution < -0.4 is 5.32 Å². The number of halogens is 1. The van der Waals surface area contributed by atoms with Gasteiger partial charge in [-0.2, -0.15) is 5.10 Å². The maximum atomic E-state index is 13.4. The van der Waals surface area contributed by atoms with E-state index in [0.717, 1.165) is 32.7 Å². The van der Waals surface area contributed by atoms with Gasteiger partial charge in [0.1, 0.15) is 5.82 Å². The topological polar surface area (TPSA) is 59.4 Å². The van der Waals surface area contributed by atoms with Gasteiger partial charge in [-0.25, -0.2) is 9.07 Å². The maximum absolute atomic E-state index is 13.4. The SMILES string of the molecule is CC(C)CC(CNC(=O)c1ccn(-c2cccc(F)c2)n1)N1CCOCC1. The van der Waals surface area contributed by atoms with Gasteiger partial charge < -0.3 is 10.1 Å². The Bertz CT molecular complexity index is 756. The first kappa shape index (κ1) is 19.5. The minimum absolute atomic E-state index is 0.216. The van der Waals surface area contributed by atoms with E-state index in [2.05, 4.69) is 29.2 Å². The first-order chi connectivity index (χ1) is 13.0. The summed E-state index contributed by atoms with van der Waals surface area (Å²) in [5.41, 5.74) is 0.907. The molecule has 3 rings (SSSR count). The lowest BCUT2D eigenvalue weighted by molar-refractivity contribution is 0.0124. The summed E-state index contributed by atoms with van der Waals surface area (Å²) in [4.78, 5) is 14.9. The van der Waals surface area contributed by atoms with Crippen molar-refractivity contribution in [2.45, 2.75) is 26.3 Å². The van der Waals surface area contributed by atoms with E-state index in [4.69, 9.17) is 4.74 Å². The van der Waals surface area contributed by atoms with E-state index < -0.39 is 0 Å². The zero-order valence-electron chi connectivity index (χ0n) is 15.9. The van der Waals surface area contributed by atoms with Crippen LogP contribution in [0.3, 0.4) is 0 Å². The minimum atomic E-state index is -0.337. The Kier molecular flexibility index (Phi) is 6.58. The van der Waals surface area contributed by atoms with E-state index in [1.165, 1.54) is 16.8 Å². The molecule has 0 spiro atoms. The Morgan fingerprint density at radius 1 is 1.30 bits per heavy atom. The van der Waals surface area contributed by atoms with Crippen molar-refractivity contribution in [3.05, 3.63) is 48.0 Å². The van der Waals surface area contributed by atoms with E-state index in [0.29, 0.717) is 23.8 Å². The van der Waals surface area contributed by atoms with Crippen molar-refractivity contribution in [2.24, 2.45) is 5.92 Å². The zero-order chi connectivity index (χ0) is 19.2. The highest BCUT2D eigenvalue weighted by Crippen LogP contribution is 2.14. The molecule has 27 heavy (non-hydrogen) atoms. The number of hydrogen-bond donors (Lipinski definition) is 1. The standard InChI is InChI=1S/C20H27FN4O2/c1-15(2)12-18(24-8-10-27-11-9-24)14-22-20(26)19-6-7-25(23-19)17-5-3-4-16(21)13-17/h3-7,13,15,18H,8-12,14H2,1-2H3,(H,22,26). The van der Waals surface area contributed by atoms with Gasteiger partial charge in [-0.1, -0.05) is 19.9 Å². The lowest BCUT2D eigenvalue weighted by Gasteiger charge is -2.35. The number of hydrogen-bond acceptors (Lipinski definition) is 4. The predicted molar refractivity (Wildman–Crippen MR) is 101 cm³/mol. The highest BCUT2D eigenvalue weighted by molar-refractivity contribution is 5.92. The third-order valence-corrected chi connectivity index (χ3v) is 4.70. The summed E-state index contributed by atoms with van der Waals surface area (Å²) in [6.45, 7) is 8.21. The molecule has 0 aliphatic carbocycles. The summed E-state index contributed by atoms with van der Waals surface area (Å²) in [5.74, 6) is -0.00913. The van der Waals surface area contributed by atoms with Crippen LogP contribution in [0.4, 0.5) is 4.39 Å². The Balaban J connectivity index is 1.62. The summed E-state index contributed by atoms with van der Waals surface area (Å²) >= 11 is 0. The number of aromatic nitrogens is 2. The van der Waals surface area contributed by atoms with Gasteiger partial charge in [-0.05, 0) is 36.6 Å². The van der Waals surface area contributed by atoms with Crippen LogP contribution in [0.25, 0.3) is 5.69 Å². The number of carbonyl (C=O) groups excluding carboxylic acids is 1. The Labute approximate surface area is 159 Å². The molecule has 7 heteroatoms. The molecule has 0 bridgehead atoms. The molecule has 1 N–H and O–H groups in total. The molecule has 2 aromatic rings. The van der Waals surface area contributed by atoms with Gasteiger partial charge in [0, 0.05) is 31.9 Å². The van der Waals surface area contributed by atoms with Gasteiger partial charge in [0.2, 0.25) is 0 Å². The third kappa shape index (κ3) is 5.37. The van der Waals surface area contributed by atoms with Crippen molar-refractivity contribution >= 4 is 5.91 Å². The van der Waals surface area contributed by atoms with Crippen LogP contribution in [0.2, 0.25) is 0 Å². The van der Waals surface area contributed by atoms with Crippen LogP contribution in [-0.2, 0) is 4.74 Å². The second kappa shape index (κ2) is 9.10. The van der Waals surface area contributed by atoms with Crippen molar-refractivity contribution in [3.8, 4) is 5.69 Å². The highest BCUT2D eigenvalue weighted by atomic mass is 19.1. The number of benzene rings is 1. The molecule has 1 aliphatic heterocycles. The number of carbonyl (C=O) groups is 1. The smallest absolute Gasteiger partial charge is 0.271 e. The van der Waals surface area contributed by atoms with Crippen LogP contribution in [0, 0.1) is 11.7 Å². The van der Waals surface area contributed by atoms with Crippen LogP contribution in [-0.4, -0.2) is 59.5 Å². The van der Waals surface area contributed by atoms with Gasteiger partial charge >= 0.3 is 0 Å². The first-order valence-electron chi connectivity index (χ1n) is 9.44. The summed E-state index contributed by atoms with van der Waals surface area (Å²) in [5, 5.41) is 7.28. The van der Waals surface area contributed by atoms with Crippen molar-refractivity contribution < 1.29 is 13.9 Å². The van der Waals surface area contributed by atoms with Gasteiger partial charge in [0.05, 0.1) is 18.9 Å². The van der Waals surface area contributed by atoms with E-state index in [-0.39, 0.29) is 17.8 Å². The first-order valence-corrected chi connectivity index (χ1v) is 9.44. The molecule has 1 aliphatic rings. The summed E-state index contributed by atoms with van der Waals surface area (Å²) < 4.78 is 20.3. The molecule has 146 valence electrons. The van der Waals surface area contributed by atoms with E-state index >= 15 is 0 Å². The quantitative estimate of drug-likeness (QED) is 0.809. The van der Waals surface area contributed by atoms with Gasteiger partial charge in [0.15, 0.2) is 5.69 Å². The number of nitrogens with zero attached hydrogens (tertiary/aromatic N) is 3. The van der Waals surface area contributed by atoms with Crippen molar-refractivity contribution in [1.29, 1.82) is 0 Å². The molecule has 1 aromatic heterocycles. The summed E-state index contributed by atoms with van der Waals surface area (Å²) in [7, 11) is 0. The number of rotatable bonds is 7. The normalized spacial score (nSPS) is 16.4. The second-order valence-electron chi connectivity index (χ2n) is 7.27. The fourth-order valence-corrected chi connectivity index (χ4v) is 3.36. The Morgan fingerprint density at radius 3 is 2.78 bits per heavy atom. The van der Waals surface area contributed by atoms with Crippen molar-refractivity contribution in [3.63, 3.8) is 0 Å². The molecule has 1 fully saturated rings. The van der Waals surface area contributed by atoms with Gasteiger partial charge in [-0.15, -0.1) is 0 Å². The number of amides is 1. The Morgan fingerprint density at radius 2 is 2.07 bits per heavy atom. The molecule has 1 atom stereocenters. The van der Waals surface area contributed by atoms with E-state index in [1.54, 1.807) is 24.4 Å². The predicted octanol–water partition coefficient (Wildman–Crippen LogP) is 2.49. The zero-order valence-corrected chi connectivity index (χ0v) is 15.9. The molecule has 0 radical (unpaired) electrons. The molecule has 1 amide bonds. The number of morpholine rings is 1. The fraction of sp³-hybridized carbons (Fsp3) is 0.500. The summed E-state index contributed by atoms with van der Waals surface area (Å²) in [6, 6.07) is 8.04. The fourth-order valence-electron chi connectivity index (χ4n) is 3.36. The Hall–Kier alpha value is -2.25. The van der Waals surface area contributed by atoms with Crippen LogP contribution in [0.15, 0.2) is 36.5 Å². The molecule has 1 unspecified atom stereocenters. The number of ether oxygens (including phenoxy) is 1. The van der Waals surface area contributed by atoms with Crippen LogP contribution in [0.5, 0.6) is 0 Å². The molecule has 1 saturated heterocycles. The lowest BCUT2D eigenvalue weighted by Crippen LogP contribution is -2.49. The maximum Gasteiger partial charge on any atom is 0.271 e. The molecule has 6 nitrogen and oxygen atoms in total. The summed E-state index contributed by atoms with van der Waals surface area (Å²) in [6.07, 6.45) is 2.68. The molecule has 2 heterocycles. The average molecular weight is 374 g/mol. The lowest BCUT2D eigenvalue weighted by atomic mass is 10.0.